The van der Waals surface area contributed by atoms with Crippen molar-refractivity contribution in [2.24, 2.45) is 0 Å². The molecular formula is C10H12BrFN2O. The number of hydrogen-bond donors (Lipinski definition) is 3. The van der Waals surface area contributed by atoms with E-state index in [0.29, 0.717) is 16.6 Å². The van der Waals surface area contributed by atoms with E-state index in [1.54, 1.807) is 0 Å². The van der Waals surface area contributed by atoms with E-state index < -0.39 is 0 Å². The van der Waals surface area contributed by atoms with Crippen LogP contribution in [-0.4, -0.2) is 24.7 Å². The summed E-state index contributed by atoms with van der Waals surface area (Å²) >= 11 is 3.18. The molecule has 1 fully saturated rings. The first-order chi connectivity index (χ1) is 7.20. The first-order valence-corrected chi connectivity index (χ1v) is 5.60. The Balaban J connectivity index is 2.36. The summed E-state index contributed by atoms with van der Waals surface area (Å²) in [7, 11) is 0. The van der Waals surface area contributed by atoms with Gasteiger partial charge >= 0.3 is 0 Å². The second-order valence-electron chi connectivity index (χ2n) is 3.50. The minimum absolute atomic E-state index is 0.0174. The van der Waals surface area contributed by atoms with Gasteiger partial charge in [0.1, 0.15) is 11.6 Å². The molecule has 0 aromatic heterocycles. The lowest BCUT2D eigenvalue weighted by atomic mass is 10.0. The van der Waals surface area contributed by atoms with Crippen molar-refractivity contribution in [3.63, 3.8) is 0 Å². The summed E-state index contributed by atoms with van der Waals surface area (Å²) < 4.78 is 14.1. The molecule has 1 aromatic carbocycles. The molecule has 1 heterocycles. The lowest BCUT2D eigenvalue weighted by Crippen LogP contribution is -2.43. The van der Waals surface area contributed by atoms with E-state index in [1.165, 1.54) is 12.1 Å². The van der Waals surface area contributed by atoms with Crippen LogP contribution in [0.4, 0.5) is 4.39 Å². The van der Waals surface area contributed by atoms with Crippen molar-refractivity contribution in [3.8, 4) is 5.75 Å². The molecule has 0 unspecified atom stereocenters. The molecule has 0 saturated carbocycles. The van der Waals surface area contributed by atoms with E-state index in [1.807, 2.05) is 0 Å². The summed E-state index contributed by atoms with van der Waals surface area (Å²) in [6.45, 7) is 2.27. The van der Waals surface area contributed by atoms with Gasteiger partial charge in [0, 0.05) is 25.2 Å². The molecular weight excluding hydrogens is 263 g/mol. The third-order valence-electron chi connectivity index (χ3n) is 2.50. The summed E-state index contributed by atoms with van der Waals surface area (Å²) in [5.74, 6) is -0.395. The number of phenolic OH excluding ortho intramolecular Hbond substituents is 1. The van der Waals surface area contributed by atoms with Gasteiger partial charge in [-0.2, -0.15) is 0 Å². The van der Waals surface area contributed by atoms with Gasteiger partial charge in [-0.15, -0.1) is 0 Å². The fraction of sp³-hybridized carbons (Fsp3) is 0.400. The molecule has 0 bridgehead atoms. The van der Waals surface area contributed by atoms with Crippen molar-refractivity contribution in [3.05, 3.63) is 28.0 Å². The largest absolute Gasteiger partial charge is 0.506 e. The fourth-order valence-corrected chi connectivity index (χ4v) is 2.09. The second kappa shape index (κ2) is 4.47. The molecule has 0 aliphatic carbocycles. The lowest BCUT2D eigenvalue weighted by molar-refractivity contribution is 0.388. The molecule has 5 heteroatoms. The second-order valence-corrected chi connectivity index (χ2v) is 4.36. The van der Waals surface area contributed by atoms with Crippen LogP contribution < -0.4 is 10.6 Å². The molecule has 3 nitrogen and oxygen atoms in total. The Morgan fingerprint density at radius 1 is 1.40 bits per heavy atom. The van der Waals surface area contributed by atoms with Gasteiger partial charge in [0.25, 0.3) is 0 Å². The lowest BCUT2D eigenvalue weighted by Gasteiger charge is -2.26. The summed E-state index contributed by atoms with van der Waals surface area (Å²) in [4.78, 5) is 0. The highest BCUT2D eigenvalue weighted by Gasteiger charge is 2.22. The highest BCUT2D eigenvalue weighted by Crippen LogP contribution is 2.34. The van der Waals surface area contributed by atoms with E-state index >= 15 is 0 Å². The van der Waals surface area contributed by atoms with Crippen LogP contribution in [0.25, 0.3) is 0 Å². The Kier molecular flexibility index (Phi) is 3.23. The van der Waals surface area contributed by atoms with Gasteiger partial charge in [-0.05, 0) is 28.1 Å². The Bertz CT molecular complexity index is 367. The fourth-order valence-electron chi connectivity index (χ4n) is 1.75. The quantitative estimate of drug-likeness (QED) is 0.728. The van der Waals surface area contributed by atoms with Gasteiger partial charge in [0.2, 0.25) is 0 Å². The van der Waals surface area contributed by atoms with E-state index in [4.69, 9.17) is 0 Å². The van der Waals surface area contributed by atoms with Crippen molar-refractivity contribution >= 4 is 15.9 Å². The van der Waals surface area contributed by atoms with Crippen molar-refractivity contribution < 1.29 is 9.50 Å². The van der Waals surface area contributed by atoms with E-state index in [0.717, 1.165) is 13.1 Å². The highest BCUT2D eigenvalue weighted by molar-refractivity contribution is 9.10. The molecule has 1 aliphatic rings. The maximum absolute atomic E-state index is 13.6. The third kappa shape index (κ3) is 2.14. The van der Waals surface area contributed by atoms with Crippen LogP contribution in [0, 0.1) is 5.82 Å². The van der Waals surface area contributed by atoms with E-state index in [-0.39, 0.29) is 17.6 Å². The number of rotatable bonds is 1. The molecule has 3 N–H and O–H groups in total. The first-order valence-electron chi connectivity index (χ1n) is 4.81. The molecule has 0 amide bonds. The highest BCUT2D eigenvalue weighted by atomic mass is 79.9. The zero-order valence-corrected chi connectivity index (χ0v) is 9.64. The van der Waals surface area contributed by atoms with Gasteiger partial charge in [-0.1, -0.05) is 0 Å². The molecule has 1 saturated heterocycles. The third-order valence-corrected chi connectivity index (χ3v) is 3.14. The minimum Gasteiger partial charge on any atom is -0.506 e. The maximum Gasteiger partial charge on any atom is 0.137 e. The number of hydrogen-bond acceptors (Lipinski definition) is 3. The monoisotopic (exact) mass is 274 g/mol. The Hall–Kier alpha value is -0.650. The summed E-state index contributed by atoms with van der Waals surface area (Å²) in [5, 5.41) is 16.1. The standard InChI is InChI=1S/C10H12BrFN2O/c11-6-1-2-7(12)9(10(6)15)8-5-13-3-4-14-8/h1-2,8,13-15H,3-5H2/t8-/m1/s1. The van der Waals surface area contributed by atoms with Gasteiger partial charge in [-0.25, -0.2) is 4.39 Å². The Labute approximate surface area is 95.8 Å². The van der Waals surface area contributed by atoms with Crippen LogP contribution in [0.2, 0.25) is 0 Å². The predicted octanol–water partition coefficient (Wildman–Crippen LogP) is 1.53. The van der Waals surface area contributed by atoms with Crippen LogP contribution in [0.15, 0.2) is 16.6 Å². The number of halogens is 2. The number of aromatic hydroxyl groups is 1. The minimum atomic E-state index is -0.378. The maximum atomic E-state index is 13.6. The molecule has 82 valence electrons. The molecule has 1 aromatic rings. The number of benzene rings is 1. The Morgan fingerprint density at radius 3 is 2.87 bits per heavy atom. The average Bonchev–Trinajstić information content (AvgIpc) is 2.26. The van der Waals surface area contributed by atoms with Crippen LogP contribution in [0.5, 0.6) is 5.75 Å². The molecule has 1 atom stereocenters. The smallest absolute Gasteiger partial charge is 0.137 e. The number of phenols is 1. The van der Waals surface area contributed by atoms with E-state index in [2.05, 4.69) is 26.6 Å². The summed E-state index contributed by atoms with van der Waals surface area (Å²) in [6, 6.07) is 2.69. The molecule has 0 radical (unpaired) electrons. The van der Waals surface area contributed by atoms with Crippen LogP contribution in [0.1, 0.15) is 11.6 Å². The van der Waals surface area contributed by atoms with Crippen molar-refractivity contribution in [1.29, 1.82) is 0 Å². The van der Waals surface area contributed by atoms with Crippen molar-refractivity contribution in [2.75, 3.05) is 19.6 Å². The van der Waals surface area contributed by atoms with Gasteiger partial charge in [-0.3, -0.25) is 0 Å². The molecule has 2 rings (SSSR count). The van der Waals surface area contributed by atoms with Crippen LogP contribution in [-0.2, 0) is 0 Å². The topological polar surface area (TPSA) is 44.3 Å². The number of nitrogens with one attached hydrogen (secondary N) is 2. The van der Waals surface area contributed by atoms with Crippen molar-refractivity contribution in [1.82, 2.24) is 10.6 Å². The molecule has 1 aliphatic heterocycles. The number of piperazine rings is 1. The summed E-state index contributed by atoms with van der Waals surface area (Å²) in [5.41, 5.74) is 0.330. The zero-order valence-electron chi connectivity index (χ0n) is 8.06. The Morgan fingerprint density at radius 2 is 2.20 bits per heavy atom. The van der Waals surface area contributed by atoms with Gasteiger partial charge in [0.15, 0.2) is 0 Å². The zero-order chi connectivity index (χ0) is 10.8. The SMILES string of the molecule is Oc1c(Br)ccc(F)c1[C@H]1CNCCN1. The van der Waals surface area contributed by atoms with Gasteiger partial charge < -0.3 is 15.7 Å². The average molecular weight is 275 g/mol. The van der Waals surface area contributed by atoms with E-state index in [9.17, 15) is 9.50 Å². The van der Waals surface area contributed by atoms with Crippen LogP contribution in [0.3, 0.4) is 0 Å². The van der Waals surface area contributed by atoms with Gasteiger partial charge in [0.05, 0.1) is 10.5 Å². The van der Waals surface area contributed by atoms with Crippen LogP contribution >= 0.6 is 15.9 Å². The molecule has 0 spiro atoms. The normalized spacial score (nSPS) is 21.6. The molecule has 15 heavy (non-hydrogen) atoms. The summed E-state index contributed by atoms with van der Waals surface area (Å²) in [6.07, 6.45) is 0. The first kappa shape index (κ1) is 10.9. The predicted molar refractivity (Wildman–Crippen MR) is 59.4 cm³/mol. The van der Waals surface area contributed by atoms with Crippen molar-refractivity contribution in [2.45, 2.75) is 6.04 Å².